The summed E-state index contributed by atoms with van der Waals surface area (Å²) in [6.45, 7) is 1.93. The fourth-order valence-electron chi connectivity index (χ4n) is 4.02. The molecule has 8 nitrogen and oxygen atoms in total. The fourth-order valence-corrected chi connectivity index (χ4v) is 4.02. The van der Waals surface area contributed by atoms with Crippen molar-refractivity contribution in [3.05, 3.63) is 65.9 Å². The number of aromatic nitrogens is 4. The van der Waals surface area contributed by atoms with Gasteiger partial charge in [0, 0.05) is 23.4 Å². The van der Waals surface area contributed by atoms with Crippen molar-refractivity contribution in [2.24, 2.45) is 0 Å². The Labute approximate surface area is 178 Å². The van der Waals surface area contributed by atoms with E-state index in [1.165, 1.54) is 0 Å². The monoisotopic (exact) mass is 417 g/mol. The second-order valence-electron chi connectivity index (χ2n) is 8.02. The zero-order valence-corrected chi connectivity index (χ0v) is 17.2. The van der Waals surface area contributed by atoms with Crippen LogP contribution in [0.15, 0.2) is 53.3 Å². The number of nitrogens with one attached hydrogen (secondary N) is 1. The van der Waals surface area contributed by atoms with Gasteiger partial charge in [0.1, 0.15) is 11.3 Å². The van der Waals surface area contributed by atoms with E-state index in [1.807, 2.05) is 49.5 Å². The summed E-state index contributed by atoms with van der Waals surface area (Å²) in [5.74, 6) is 1.04. The van der Waals surface area contributed by atoms with Gasteiger partial charge in [-0.25, -0.2) is 4.98 Å². The maximum atomic E-state index is 12.9. The number of pyridine rings is 1. The molecule has 1 saturated carbocycles. The number of fused-ring (bicyclic) bond motifs is 1. The van der Waals surface area contributed by atoms with Crippen molar-refractivity contribution in [1.29, 1.82) is 0 Å². The summed E-state index contributed by atoms with van der Waals surface area (Å²) < 4.78 is 7.26. The molecule has 0 bridgehead atoms. The van der Waals surface area contributed by atoms with Crippen LogP contribution in [-0.4, -0.2) is 36.6 Å². The minimum Gasteiger partial charge on any atom is -0.393 e. The van der Waals surface area contributed by atoms with Crippen molar-refractivity contribution in [2.75, 3.05) is 5.32 Å². The summed E-state index contributed by atoms with van der Waals surface area (Å²) >= 11 is 0. The Morgan fingerprint density at radius 1 is 1.19 bits per heavy atom. The molecule has 0 atom stereocenters. The van der Waals surface area contributed by atoms with Crippen LogP contribution in [0.2, 0.25) is 0 Å². The zero-order chi connectivity index (χ0) is 21.4. The van der Waals surface area contributed by atoms with Gasteiger partial charge < -0.3 is 14.9 Å². The number of hydrogen-bond acceptors (Lipinski definition) is 6. The third-order valence-electron chi connectivity index (χ3n) is 5.88. The first-order valence-corrected chi connectivity index (χ1v) is 10.4. The first-order chi connectivity index (χ1) is 15.1. The first-order valence-electron chi connectivity index (χ1n) is 10.4. The third-order valence-corrected chi connectivity index (χ3v) is 5.88. The molecule has 3 heterocycles. The van der Waals surface area contributed by atoms with Crippen molar-refractivity contribution in [2.45, 2.75) is 44.6 Å². The number of rotatable bonds is 4. The van der Waals surface area contributed by atoms with Gasteiger partial charge in [-0.1, -0.05) is 23.4 Å². The number of amides is 1. The van der Waals surface area contributed by atoms with Crippen LogP contribution in [0, 0.1) is 6.92 Å². The number of benzene rings is 1. The fraction of sp³-hybridized carbons (Fsp3) is 0.304. The van der Waals surface area contributed by atoms with Gasteiger partial charge in [0.05, 0.1) is 12.3 Å². The Morgan fingerprint density at radius 2 is 2.03 bits per heavy atom. The number of hydrogen-bond donors (Lipinski definition) is 2. The SMILES string of the molecule is Cc1ccc(-c2noc(C3CCC(O)CC3)n2)cc1NC(=O)c1cnc2ccccn12. The van der Waals surface area contributed by atoms with Crippen LogP contribution < -0.4 is 5.32 Å². The molecule has 0 radical (unpaired) electrons. The molecule has 3 aromatic heterocycles. The van der Waals surface area contributed by atoms with Gasteiger partial charge in [0.25, 0.3) is 5.91 Å². The molecule has 0 saturated heterocycles. The summed E-state index contributed by atoms with van der Waals surface area (Å²) in [6.07, 6.45) is 6.35. The second kappa shape index (κ2) is 7.96. The molecular weight excluding hydrogens is 394 g/mol. The van der Waals surface area contributed by atoms with Gasteiger partial charge in [0.2, 0.25) is 11.7 Å². The molecule has 1 aromatic carbocycles. The molecule has 0 aliphatic heterocycles. The van der Waals surface area contributed by atoms with Gasteiger partial charge in [-0.15, -0.1) is 0 Å². The molecule has 158 valence electrons. The summed E-state index contributed by atoms with van der Waals surface area (Å²) in [6, 6.07) is 11.3. The number of carbonyl (C=O) groups is 1. The largest absolute Gasteiger partial charge is 0.393 e. The minimum atomic E-state index is -0.242. The lowest BCUT2D eigenvalue weighted by Gasteiger charge is -2.22. The molecular formula is C23H23N5O3. The van der Waals surface area contributed by atoms with Crippen LogP contribution in [0.5, 0.6) is 0 Å². The minimum absolute atomic E-state index is 0.185. The van der Waals surface area contributed by atoms with E-state index < -0.39 is 0 Å². The van der Waals surface area contributed by atoms with Crippen LogP contribution in [0.4, 0.5) is 5.69 Å². The van der Waals surface area contributed by atoms with Crippen LogP contribution in [0.25, 0.3) is 17.0 Å². The number of aliphatic hydroxyl groups is 1. The van der Waals surface area contributed by atoms with Crippen molar-refractivity contribution in [3.63, 3.8) is 0 Å². The standard InChI is InChI=1S/C23H23N5O3/c1-14-5-6-16(21-26-23(31-27-21)15-7-9-17(29)10-8-15)12-18(14)25-22(30)19-13-24-20-4-2-3-11-28(19)20/h2-6,11-13,15,17,29H,7-10H2,1H3,(H,25,30). The molecule has 1 fully saturated rings. The number of carbonyl (C=O) groups excluding carboxylic acids is 1. The maximum Gasteiger partial charge on any atom is 0.274 e. The van der Waals surface area contributed by atoms with E-state index >= 15 is 0 Å². The lowest BCUT2D eigenvalue weighted by molar-refractivity contribution is 0.102. The highest BCUT2D eigenvalue weighted by Gasteiger charge is 2.25. The van der Waals surface area contributed by atoms with Gasteiger partial charge in [0.15, 0.2) is 0 Å². The van der Waals surface area contributed by atoms with E-state index in [9.17, 15) is 9.90 Å². The van der Waals surface area contributed by atoms with E-state index in [2.05, 4.69) is 20.4 Å². The Hall–Kier alpha value is -3.52. The smallest absolute Gasteiger partial charge is 0.274 e. The summed E-state index contributed by atoms with van der Waals surface area (Å²) in [5.41, 5.74) is 3.55. The number of nitrogens with zero attached hydrogens (tertiary/aromatic N) is 4. The van der Waals surface area contributed by atoms with E-state index in [0.717, 1.165) is 36.8 Å². The van der Waals surface area contributed by atoms with Crippen LogP contribution in [-0.2, 0) is 0 Å². The number of aryl methyl sites for hydroxylation is 1. The molecule has 8 heteroatoms. The molecule has 0 spiro atoms. The van der Waals surface area contributed by atoms with Crippen molar-refractivity contribution < 1.29 is 14.4 Å². The molecule has 2 N–H and O–H groups in total. The predicted octanol–water partition coefficient (Wildman–Crippen LogP) is 3.96. The van der Waals surface area contributed by atoms with E-state index in [0.29, 0.717) is 28.7 Å². The van der Waals surface area contributed by atoms with Gasteiger partial charge in [-0.2, -0.15) is 4.98 Å². The van der Waals surface area contributed by atoms with Crippen molar-refractivity contribution in [1.82, 2.24) is 19.5 Å². The summed E-state index contributed by atoms with van der Waals surface area (Å²) in [5, 5.41) is 16.8. The molecule has 4 aromatic rings. The van der Waals surface area contributed by atoms with Crippen LogP contribution >= 0.6 is 0 Å². The molecule has 5 rings (SSSR count). The van der Waals surface area contributed by atoms with E-state index in [4.69, 9.17) is 4.52 Å². The van der Waals surface area contributed by atoms with Gasteiger partial charge >= 0.3 is 0 Å². The average molecular weight is 417 g/mol. The van der Waals surface area contributed by atoms with Gasteiger partial charge in [-0.05, 0) is 56.4 Å². The zero-order valence-electron chi connectivity index (χ0n) is 17.2. The average Bonchev–Trinajstić information content (AvgIpc) is 3.43. The Kier molecular flexibility index (Phi) is 4.99. The van der Waals surface area contributed by atoms with Crippen molar-refractivity contribution in [3.8, 4) is 11.4 Å². The Bertz CT molecular complexity index is 1240. The first kappa shape index (κ1) is 19.4. The molecule has 0 unspecified atom stereocenters. The topological polar surface area (TPSA) is 106 Å². The maximum absolute atomic E-state index is 12.9. The molecule has 1 aliphatic rings. The predicted molar refractivity (Wildman–Crippen MR) is 115 cm³/mol. The number of aliphatic hydroxyl groups excluding tert-OH is 1. The quantitative estimate of drug-likeness (QED) is 0.521. The Balaban J connectivity index is 1.38. The van der Waals surface area contributed by atoms with Crippen molar-refractivity contribution >= 4 is 17.2 Å². The van der Waals surface area contributed by atoms with E-state index in [1.54, 1.807) is 10.6 Å². The number of anilines is 1. The highest BCUT2D eigenvalue weighted by atomic mass is 16.5. The van der Waals surface area contributed by atoms with Crippen LogP contribution in [0.1, 0.15) is 53.5 Å². The molecule has 31 heavy (non-hydrogen) atoms. The highest BCUT2D eigenvalue weighted by Crippen LogP contribution is 2.33. The lowest BCUT2D eigenvalue weighted by Crippen LogP contribution is -2.17. The third kappa shape index (κ3) is 3.82. The number of imidazole rings is 1. The highest BCUT2D eigenvalue weighted by molar-refractivity contribution is 6.04. The van der Waals surface area contributed by atoms with E-state index in [-0.39, 0.29) is 17.9 Å². The summed E-state index contributed by atoms with van der Waals surface area (Å²) in [7, 11) is 0. The van der Waals surface area contributed by atoms with Gasteiger partial charge in [-0.3, -0.25) is 9.20 Å². The summed E-state index contributed by atoms with van der Waals surface area (Å²) in [4.78, 5) is 21.7. The molecule has 1 aliphatic carbocycles. The molecule has 1 amide bonds. The Morgan fingerprint density at radius 3 is 2.87 bits per heavy atom. The lowest BCUT2D eigenvalue weighted by atomic mass is 9.87. The second-order valence-corrected chi connectivity index (χ2v) is 8.02. The van der Waals surface area contributed by atoms with Crippen LogP contribution in [0.3, 0.4) is 0 Å². The normalized spacial score (nSPS) is 18.9.